The molecule has 2 N–H and O–H groups in total. The summed E-state index contributed by atoms with van der Waals surface area (Å²) in [5, 5.41) is 4.61. The highest BCUT2D eigenvalue weighted by atomic mass is 35.5. The van der Waals surface area contributed by atoms with E-state index in [4.69, 9.17) is 17.3 Å². The average molecular weight is 456 g/mol. The average Bonchev–Trinajstić information content (AvgIpc) is 3.22. The number of nitrogens with zero attached hydrogens (tertiary/aromatic N) is 2. The van der Waals surface area contributed by atoms with E-state index in [1.165, 1.54) is 29.7 Å². The topological polar surface area (TPSA) is 60.9 Å². The molecular weight excluding hydrogens is 435 g/mol. The Balaban J connectivity index is 1.80. The number of carbonyl (C=O) groups is 1. The highest BCUT2D eigenvalue weighted by Gasteiger charge is 2.33. The van der Waals surface area contributed by atoms with Gasteiger partial charge in [-0.3, -0.25) is 9.48 Å². The standard InChI is InChI=1S/C21H21ClF3N3OS/c1-12-15(20-17(22)11-27-28(20)2)9-19(30-12)18(29)8-13(10-26)7-14-5-3-4-6-16(14)21(23,24)25/h3-6,9,11,13H,7-8,10,26H2,1-2H3/t13-/m1/s1. The van der Waals surface area contributed by atoms with E-state index in [1.807, 2.05) is 6.92 Å². The number of aromatic nitrogens is 2. The van der Waals surface area contributed by atoms with E-state index >= 15 is 0 Å². The molecule has 0 fully saturated rings. The van der Waals surface area contributed by atoms with Crippen LogP contribution < -0.4 is 5.73 Å². The Labute approximate surface area is 181 Å². The van der Waals surface area contributed by atoms with Crippen molar-refractivity contribution >= 4 is 28.7 Å². The van der Waals surface area contributed by atoms with Gasteiger partial charge in [0.1, 0.15) is 0 Å². The number of benzene rings is 1. The minimum atomic E-state index is -4.44. The fraction of sp³-hybridized carbons (Fsp3) is 0.333. The third-order valence-electron chi connectivity index (χ3n) is 4.98. The van der Waals surface area contributed by atoms with Crippen LogP contribution in [-0.2, 0) is 19.6 Å². The fourth-order valence-electron chi connectivity index (χ4n) is 3.46. The summed E-state index contributed by atoms with van der Waals surface area (Å²) in [6.07, 6.45) is -2.75. The van der Waals surface area contributed by atoms with E-state index in [1.54, 1.807) is 23.9 Å². The molecule has 160 valence electrons. The number of thiophene rings is 1. The highest BCUT2D eigenvalue weighted by Crippen LogP contribution is 2.36. The van der Waals surface area contributed by atoms with Gasteiger partial charge in [-0.15, -0.1) is 11.3 Å². The third-order valence-corrected chi connectivity index (χ3v) is 6.35. The lowest BCUT2D eigenvalue weighted by Crippen LogP contribution is -2.22. The molecule has 0 bridgehead atoms. The number of ketones is 1. The maximum absolute atomic E-state index is 13.3. The van der Waals surface area contributed by atoms with Gasteiger partial charge in [-0.2, -0.15) is 18.3 Å². The molecule has 3 aromatic rings. The van der Waals surface area contributed by atoms with Crippen molar-refractivity contribution in [1.82, 2.24) is 9.78 Å². The molecule has 0 saturated carbocycles. The molecule has 0 aliphatic rings. The quantitative estimate of drug-likeness (QED) is 0.477. The molecule has 4 nitrogen and oxygen atoms in total. The summed E-state index contributed by atoms with van der Waals surface area (Å²) in [6, 6.07) is 7.18. The minimum absolute atomic E-state index is 0.0706. The van der Waals surface area contributed by atoms with Crippen molar-refractivity contribution in [1.29, 1.82) is 0 Å². The van der Waals surface area contributed by atoms with Crippen molar-refractivity contribution in [2.45, 2.75) is 25.9 Å². The van der Waals surface area contributed by atoms with Crippen LogP contribution in [-0.4, -0.2) is 22.1 Å². The number of halogens is 4. The zero-order chi connectivity index (χ0) is 22.1. The first kappa shape index (κ1) is 22.5. The summed E-state index contributed by atoms with van der Waals surface area (Å²) in [5.41, 5.74) is 6.81. The van der Waals surface area contributed by atoms with E-state index in [-0.39, 0.29) is 30.7 Å². The summed E-state index contributed by atoms with van der Waals surface area (Å²) in [5.74, 6) is -0.542. The summed E-state index contributed by atoms with van der Waals surface area (Å²) >= 11 is 7.55. The molecule has 0 spiro atoms. The Hall–Kier alpha value is -2.16. The van der Waals surface area contributed by atoms with Gasteiger partial charge >= 0.3 is 6.18 Å². The molecular formula is C21H21ClF3N3OS. The fourth-order valence-corrected chi connectivity index (χ4v) is 4.69. The van der Waals surface area contributed by atoms with Crippen LogP contribution in [0.1, 0.15) is 32.1 Å². The summed E-state index contributed by atoms with van der Waals surface area (Å²) in [6.45, 7) is 2.00. The van der Waals surface area contributed by atoms with Crippen LogP contribution in [0, 0.1) is 12.8 Å². The van der Waals surface area contributed by atoms with Gasteiger partial charge in [-0.05, 0) is 43.5 Å². The predicted octanol–water partition coefficient (Wildman–Crippen LogP) is 5.52. The molecule has 2 heterocycles. The van der Waals surface area contributed by atoms with E-state index in [0.29, 0.717) is 9.90 Å². The maximum atomic E-state index is 13.3. The zero-order valence-electron chi connectivity index (χ0n) is 16.5. The van der Waals surface area contributed by atoms with Gasteiger partial charge in [0, 0.05) is 23.9 Å². The number of hydrogen-bond donors (Lipinski definition) is 1. The van der Waals surface area contributed by atoms with Crippen LogP contribution >= 0.6 is 22.9 Å². The van der Waals surface area contributed by atoms with Crippen molar-refractivity contribution < 1.29 is 18.0 Å². The first-order chi connectivity index (χ1) is 14.1. The van der Waals surface area contributed by atoms with Crippen molar-refractivity contribution in [3.8, 4) is 11.3 Å². The van der Waals surface area contributed by atoms with Gasteiger partial charge in [0.05, 0.1) is 27.4 Å². The predicted molar refractivity (Wildman–Crippen MR) is 113 cm³/mol. The van der Waals surface area contributed by atoms with Gasteiger partial charge < -0.3 is 5.73 Å². The summed E-state index contributed by atoms with van der Waals surface area (Å²) in [7, 11) is 1.77. The Morgan fingerprint density at radius 1 is 1.33 bits per heavy atom. The van der Waals surface area contributed by atoms with Crippen LogP contribution in [0.15, 0.2) is 36.5 Å². The van der Waals surface area contributed by atoms with Crippen LogP contribution in [0.25, 0.3) is 11.3 Å². The van der Waals surface area contributed by atoms with Crippen LogP contribution in [0.5, 0.6) is 0 Å². The molecule has 2 aromatic heterocycles. The number of aryl methyl sites for hydroxylation is 2. The Morgan fingerprint density at radius 2 is 2.03 bits per heavy atom. The largest absolute Gasteiger partial charge is 0.416 e. The molecule has 30 heavy (non-hydrogen) atoms. The molecule has 0 amide bonds. The Bertz CT molecular complexity index is 1040. The minimum Gasteiger partial charge on any atom is -0.330 e. The van der Waals surface area contributed by atoms with Crippen LogP contribution in [0.2, 0.25) is 5.02 Å². The first-order valence-electron chi connectivity index (χ1n) is 9.28. The highest BCUT2D eigenvalue weighted by molar-refractivity contribution is 7.14. The molecule has 0 aliphatic carbocycles. The van der Waals surface area contributed by atoms with Gasteiger partial charge in [0.15, 0.2) is 5.78 Å². The lowest BCUT2D eigenvalue weighted by atomic mass is 9.91. The van der Waals surface area contributed by atoms with E-state index < -0.39 is 17.7 Å². The second kappa shape index (κ2) is 8.91. The number of Topliss-reactive ketones (excluding diaryl/α,β-unsaturated/α-hetero) is 1. The zero-order valence-corrected chi connectivity index (χ0v) is 18.0. The Kier molecular flexibility index (Phi) is 6.69. The van der Waals surface area contributed by atoms with E-state index in [0.717, 1.165) is 22.2 Å². The lowest BCUT2D eigenvalue weighted by Gasteiger charge is -2.17. The molecule has 0 saturated heterocycles. The van der Waals surface area contributed by atoms with Crippen LogP contribution in [0.4, 0.5) is 13.2 Å². The third kappa shape index (κ3) is 4.77. The van der Waals surface area contributed by atoms with Gasteiger partial charge in [0.2, 0.25) is 0 Å². The molecule has 0 radical (unpaired) electrons. The van der Waals surface area contributed by atoms with Crippen LogP contribution in [0.3, 0.4) is 0 Å². The lowest BCUT2D eigenvalue weighted by molar-refractivity contribution is -0.138. The number of rotatable bonds is 7. The van der Waals surface area contributed by atoms with E-state index in [9.17, 15) is 18.0 Å². The maximum Gasteiger partial charge on any atom is 0.416 e. The number of nitrogens with two attached hydrogens (primary N) is 1. The van der Waals surface area contributed by atoms with Crippen molar-refractivity contribution in [2.24, 2.45) is 18.7 Å². The number of carbonyl (C=O) groups excluding carboxylic acids is 1. The molecule has 3 rings (SSSR count). The monoisotopic (exact) mass is 455 g/mol. The molecule has 1 atom stereocenters. The molecule has 0 unspecified atom stereocenters. The normalized spacial score (nSPS) is 12.9. The van der Waals surface area contributed by atoms with E-state index in [2.05, 4.69) is 5.10 Å². The molecule has 0 aliphatic heterocycles. The second-order valence-corrected chi connectivity index (χ2v) is 8.80. The number of alkyl halides is 3. The van der Waals surface area contributed by atoms with Gasteiger partial charge in [-0.25, -0.2) is 0 Å². The summed E-state index contributed by atoms with van der Waals surface area (Å²) in [4.78, 5) is 14.3. The summed E-state index contributed by atoms with van der Waals surface area (Å²) < 4.78 is 41.4. The molecule has 1 aromatic carbocycles. The smallest absolute Gasteiger partial charge is 0.330 e. The Morgan fingerprint density at radius 3 is 2.63 bits per heavy atom. The van der Waals surface area contributed by atoms with Gasteiger partial charge in [0.25, 0.3) is 0 Å². The van der Waals surface area contributed by atoms with Crippen molar-refractivity contribution in [3.63, 3.8) is 0 Å². The molecule has 9 heteroatoms. The second-order valence-electron chi connectivity index (χ2n) is 7.13. The van der Waals surface area contributed by atoms with Gasteiger partial charge in [-0.1, -0.05) is 29.8 Å². The number of hydrogen-bond acceptors (Lipinski definition) is 4. The first-order valence-corrected chi connectivity index (χ1v) is 10.5. The van der Waals surface area contributed by atoms with Crippen molar-refractivity contribution in [2.75, 3.05) is 6.54 Å². The SMILES string of the molecule is Cc1sc(C(=O)C[C@H](CN)Cc2ccccc2C(F)(F)F)cc1-c1c(Cl)cnn1C. The van der Waals surface area contributed by atoms with Crippen molar-refractivity contribution in [3.05, 3.63) is 62.4 Å².